The van der Waals surface area contributed by atoms with E-state index in [1.54, 1.807) is 6.26 Å². The van der Waals surface area contributed by atoms with Gasteiger partial charge in [-0.15, -0.1) is 0 Å². The van der Waals surface area contributed by atoms with Crippen LogP contribution in [0.25, 0.3) is 10.9 Å². The standard InChI is InChI=1S/C9H7N.C7H8OS.2ClH.Pt/c1-2-6-9-8(4-1)5-3-7-10-9;1-9(8)7-5-3-2-4-6-7;;;/h1-7H;2-6H,1H3;2*1H;/q;;;;+2/p-2. The molecule has 0 amide bonds. The van der Waals surface area contributed by atoms with Crippen molar-refractivity contribution in [3.05, 3.63) is 72.9 Å². The van der Waals surface area contributed by atoms with E-state index in [9.17, 15) is 4.21 Å². The Bertz CT molecular complexity index is 632. The SMILES string of the molecule is CS(=O)c1ccccc1.[Cl][Pt][Cl].c1ccc2ncccc2c1. The second kappa shape index (κ2) is 11.8. The van der Waals surface area contributed by atoms with E-state index < -0.39 is 27.3 Å². The molecule has 0 radical (unpaired) electrons. The Balaban J connectivity index is 0.000000189. The second-order valence-electron chi connectivity index (χ2n) is 4.01. The van der Waals surface area contributed by atoms with Gasteiger partial charge in [-0.2, -0.15) is 0 Å². The van der Waals surface area contributed by atoms with Gasteiger partial charge in [0, 0.05) is 33.5 Å². The minimum Gasteiger partial charge on any atom is -0.256 e. The van der Waals surface area contributed by atoms with E-state index in [4.69, 9.17) is 18.8 Å². The van der Waals surface area contributed by atoms with Crippen molar-refractivity contribution in [1.29, 1.82) is 0 Å². The molecule has 0 saturated carbocycles. The van der Waals surface area contributed by atoms with Crippen LogP contribution in [-0.2, 0) is 27.3 Å². The van der Waals surface area contributed by atoms with E-state index in [1.807, 2.05) is 60.8 Å². The van der Waals surface area contributed by atoms with E-state index in [-0.39, 0.29) is 0 Å². The molecule has 0 aliphatic heterocycles. The first-order valence-electron chi connectivity index (χ1n) is 6.19. The fraction of sp³-hybridized carbons (Fsp3) is 0.0625. The monoisotopic (exact) mass is 534 g/mol. The molecule has 3 aromatic rings. The molecule has 0 spiro atoms. The van der Waals surface area contributed by atoms with E-state index in [0.717, 1.165) is 10.4 Å². The van der Waals surface area contributed by atoms with E-state index in [1.165, 1.54) is 5.39 Å². The molecule has 2 nitrogen and oxygen atoms in total. The van der Waals surface area contributed by atoms with Gasteiger partial charge in [0.1, 0.15) is 0 Å². The number of halogens is 2. The smallest absolute Gasteiger partial charge is 0.0701 e. The maximum atomic E-state index is 10.8. The van der Waals surface area contributed by atoms with Crippen molar-refractivity contribution in [1.82, 2.24) is 4.98 Å². The molecule has 120 valence electrons. The number of hydrogen-bond donors (Lipinski definition) is 0. The molecule has 1 atom stereocenters. The van der Waals surface area contributed by atoms with E-state index in [2.05, 4.69) is 17.1 Å². The Hall–Kier alpha value is -0.732. The second-order valence-corrected chi connectivity index (χ2v) is 8.67. The van der Waals surface area contributed by atoms with Crippen LogP contribution in [0.5, 0.6) is 0 Å². The predicted octanol–water partition coefficient (Wildman–Crippen LogP) is 5.04. The molecule has 1 unspecified atom stereocenters. The summed E-state index contributed by atoms with van der Waals surface area (Å²) in [7, 11) is 8.92. The Kier molecular flexibility index (Phi) is 10.3. The molecule has 0 N–H and O–H groups in total. The van der Waals surface area contributed by atoms with Crippen LogP contribution in [-0.4, -0.2) is 15.4 Å². The van der Waals surface area contributed by atoms with Crippen LogP contribution in [0, 0.1) is 0 Å². The zero-order valence-electron chi connectivity index (χ0n) is 11.8. The van der Waals surface area contributed by atoms with Crippen molar-refractivity contribution in [3.63, 3.8) is 0 Å². The van der Waals surface area contributed by atoms with Crippen molar-refractivity contribution in [2.75, 3.05) is 6.26 Å². The molecule has 0 bridgehead atoms. The summed E-state index contributed by atoms with van der Waals surface area (Å²) in [6, 6.07) is 21.5. The van der Waals surface area contributed by atoms with Crippen molar-refractivity contribution in [2.45, 2.75) is 4.90 Å². The summed E-state index contributed by atoms with van der Waals surface area (Å²) in [5, 5.41) is 1.20. The van der Waals surface area contributed by atoms with Crippen molar-refractivity contribution in [3.8, 4) is 0 Å². The van der Waals surface area contributed by atoms with E-state index >= 15 is 0 Å². The minimum absolute atomic E-state index is 0.472. The largest absolute Gasteiger partial charge is 0.256 e. The fourth-order valence-corrected chi connectivity index (χ4v) is 2.17. The molecule has 0 aliphatic rings. The Labute approximate surface area is 149 Å². The van der Waals surface area contributed by atoms with Gasteiger partial charge < -0.3 is 0 Å². The van der Waals surface area contributed by atoms with Gasteiger partial charge in [0.15, 0.2) is 0 Å². The summed E-state index contributed by atoms with van der Waals surface area (Å²) >= 11 is -0.472. The van der Waals surface area contributed by atoms with Gasteiger partial charge in [-0.1, -0.05) is 42.5 Å². The van der Waals surface area contributed by atoms with Crippen LogP contribution in [0.2, 0.25) is 0 Å². The van der Waals surface area contributed by atoms with Crippen molar-refractivity contribution < 1.29 is 20.7 Å². The van der Waals surface area contributed by atoms with Gasteiger partial charge in [-0.05, 0) is 24.3 Å². The van der Waals surface area contributed by atoms with Crippen molar-refractivity contribution in [2.24, 2.45) is 0 Å². The van der Waals surface area contributed by atoms with Gasteiger partial charge in [-0.25, -0.2) is 0 Å². The summed E-state index contributed by atoms with van der Waals surface area (Å²) in [4.78, 5) is 5.07. The molecule has 0 saturated heterocycles. The molecule has 0 fully saturated rings. The van der Waals surface area contributed by atoms with Crippen LogP contribution in [0.15, 0.2) is 77.8 Å². The Morgan fingerprint density at radius 1 is 0.909 bits per heavy atom. The number of nitrogens with zero attached hydrogens (tertiary/aromatic N) is 1. The molecular weight excluding hydrogens is 520 g/mol. The van der Waals surface area contributed by atoms with Crippen LogP contribution in [0.1, 0.15) is 0 Å². The first-order chi connectivity index (χ1) is 10.7. The summed E-state index contributed by atoms with van der Waals surface area (Å²) in [5.41, 5.74) is 1.06. The number of pyridine rings is 1. The van der Waals surface area contributed by atoms with Gasteiger partial charge >= 0.3 is 35.3 Å². The first-order valence-corrected chi connectivity index (χ1v) is 13.4. The van der Waals surface area contributed by atoms with Gasteiger partial charge in [-0.3, -0.25) is 9.19 Å². The summed E-state index contributed by atoms with van der Waals surface area (Å²) in [5.74, 6) is 0. The minimum atomic E-state index is -0.829. The molecule has 0 aliphatic carbocycles. The molecule has 6 heteroatoms. The number of benzene rings is 2. The van der Waals surface area contributed by atoms with Crippen LogP contribution in [0.4, 0.5) is 0 Å². The van der Waals surface area contributed by atoms with Crippen LogP contribution in [0.3, 0.4) is 0 Å². The Morgan fingerprint density at radius 2 is 1.45 bits per heavy atom. The van der Waals surface area contributed by atoms with E-state index in [0.29, 0.717) is 0 Å². The zero-order valence-corrected chi connectivity index (χ0v) is 16.4. The summed E-state index contributed by atoms with van der Waals surface area (Å²) in [6.45, 7) is 0. The summed E-state index contributed by atoms with van der Waals surface area (Å²) < 4.78 is 10.8. The predicted molar refractivity (Wildman–Crippen MR) is 92.2 cm³/mol. The normalized spacial score (nSPS) is 10.9. The van der Waals surface area contributed by atoms with Gasteiger partial charge in [0.2, 0.25) is 0 Å². The average Bonchev–Trinajstić information content (AvgIpc) is 2.57. The molecule has 1 heterocycles. The molecular formula is C16H15Cl2NOPtS. The Morgan fingerprint density at radius 3 is 2.00 bits per heavy atom. The number of hydrogen-bond acceptors (Lipinski definition) is 2. The van der Waals surface area contributed by atoms with Crippen LogP contribution >= 0.6 is 18.8 Å². The molecule has 1 aromatic heterocycles. The number of para-hydroxylation sites is 1. The molecule has 22 heavy (non-hydrogen) atoms. The van der Waals surface area contributed by atoms with Gasteiger partial charge in [0.05, 0.1) is 5.52 Å². The van der Waals surface area contributed by atoms with Crippen LogP contribution < -0.4 is 0 Å². The quantitative estimate of drug-likeness (QED) is 0.438. The summed E-state index contributed by atoms with van der Waals surface area (Å²) in [6.07, 6.45) is 3.48. The maximum Gasteiger partial charge on any atom is 0.0701 e. The van der Waals surface area contributed by atoms with Gasteiger partial charge in [0.25, 0.3) is 0 Å². The number of aromatic nitrogens is 1. The molecule has 2 aromatic carbocycles. The van der Waals surface area contributed by atoms with Crippen molar-refractivity contribution >= 4 is 40.5 Å². The third kappa shape index (κ3) is 7.51. The maximum absolute atomic E-state index is 10.8. The third-order valence-electron chi connectivity index (χ3n) is 2.59. The topological polar surface area (TPSA) is 30.0 Å². The fourth-order valence-electron chi connectivity index (χ4n) is 1.63. The third-order valence-corrected chi connectivity index (χ3v) is 3.52. The molecule has 3 rings (SSSR count). The number of rotatable bonds is 1. The number of fused-ring (bicyclic) bond motifs is 1. The zero-order chi connectivity index (χ0) is 16.2. The average molecular weight is 535 g/mol. The first kappa shape index (κ1) is 19.3.